The van der Waals surface area contributed by atoms with Crippen LogP contribution in [0.25, 0.3) is 23.5 Å². The van der Waals surface area contributed by atoms with E-state index < -0.39 is 34.6 Å². The highest BCUT2D eigenvalue weighted by Gasteiger charge is 2.16. The first-order valence-corrected chi connectivity index (χ1v) is 14.7. The van der Waals surface area contributed by atoms with Gasteiger partial charge in [-0.25, -0.2) is 0 Å². The summed E-state index contributed by atoms with van der Waals surface area (Å²) < 4.78 is 3.45. The fourth-order valence-corrected chi connectivity index (χ4v) is 3.95. The van der Waals surface area contributed by atoms with Crippen molar-refractivity contribution in [1.82, 2.24) is 9.13 Å². The monoisotopic (exact) mass is 714 g/mol. The van der Waals surface area contributed by atoms with Crippen LogP contribution >= 0.6 is 0 Å². The first-order valence-electron chi connectivity index (χ1n) is 14.7. The Labute approximate surface area is 295 Å². The van der Waals surface area contributed by atoms with Crippen molar-refractivity contribution in [3.63, 3.8) is 0 Å². The molecule has 0 amide bonds. The first kappa shape index (κ1) is 40.3. The van der Waals surface area contributed by atoms with Crippen molar-refractivity contribution in [1.29, 1.82) is 0 Å². The lowest BCUT2D eigenvalue weighted by Gasteiger charge is -2.06. The number of nitrogens with one attached hydrogen (secondary N) is 2. The predicted octanol–water partition coefficient (Wildman–Crippen LogP) is -3.26. The standard InChI is InChI=1S/2C14H14N6O2.C4H6O4/c2*15-14(16)18-17-9-3-5-11-6-4-10-19(11)12-7-1-2-8-13(12)20(21)22;5-3(6)1-2-4(7)8/h2*1-10H,(H4,15,16,18);1-2H2,(H,5,6)(H,7,8). The number of aliphatic carboxylic acids is 2. The molecule has 0 fully saturated rings. The van der Waals surface area contributed by atoms with Crippen molar-refractivity contribution in [2.75, 3.05) is 0 Å². The van der Waals surface area contributed by atoms with Gasteiger partial charge in [-0.1, -0.05) is 24.3 Å². The van der Waals surface area contributed by atoms with Crippen LogP contribution in [-0.2, 0) is 9.59 Å². The lowest BCUT2D eigenvalue weighted by atomic mass is 10.2. The zero-order chi connectivity index (χ0) is 38.5. The van der Waals surface area contributed by atoms with Crippen molar-refractivity contribution in [3.8, 4) is 11.4 Å². The molecule has 0 radical (unpaired) electrons. The number of carboxylic acids is 2. The molecule has 2 aromatic carbocycles. The third-order valence-electron chi connectivity index (χ3n) is 6.03. The molecule has 0 saturated carbocycles. The molecule has 20 nitrogen and oxygen atoms in total. The van der Waals surface area contributed by atoms with Crippen LogP contribution in [0.1, 0.15) is 24.2 Å². The minimum Gasteiger partial charge on any atom is -0.550 e. The summed E-state index contributed by atoms with van der Waals surface area (Å²) in [4.78, 5) is 40.4. The van der Waals surface area contributed by atoms with Gasteiger partial charge < -0.3 is 51.9 Å². The van der Waals surface area contributed by atoms with Crippen molar-refractivity contribution in [2.45, 2.75) is 12.8 Å². The average molecular weight is 715 g/mol. The molecule has 4 aromatic rings. The Kier molecular flexibility index (Phi) is 16.4. The van der Waals surface area contributed by atoms with Crippen LogP contribution in [0.2, 0.25) is 0 Å². The molecule has 20 heteroatoms. The second kappa shape index (κ2) is 21.1. The Morgan fingerprint density at radius 2 is 1.00 bits per heavy atom. The van der Waals surface area contributed by atoms with E-state index >= 15 is 0 Å². The number of para-hydroxylation sites is 4. The largest absolute Gasteiger partial charge is 0.550 e. The highest BCUT2D eigenvalue weighted by molar-refractivity contribution is 5.77. The molecular formula is C32H34N12O8. The minimum atomic E-state index is -1.37. The van der Waals surface area contributed by atoms with Gasteiger partial charge in [0.25, 0.3) is 23.3 Å². The van der Waals surface area contributed by atoms with Crippen LogP contribution < -0.4 is 43.4 Å². The number of benzene rings is 2. The summed E-state index contributed by atoms with van der Waals surface area (Å²) in [5.74, 6) is -2.88. The SMILES string of the molecule is NC(N)=N[NH+]=CC=Cc1cccn1-c1ccccc1[N+](=O)[O-].NC(N)=N[NH+]=CC=Cc1cccn1-c1ccccc1[N+](=O)[O-].O=C([O-])CCC(=O)[O-]. The summed E-state index contributed by atoms with van der Waals surface area (Å²) in [6.07, 6.45) is 12.6. The molecule has 2 heterocycles. The summed E-state index contributed by atoms with van der Waals surface area (Å²) in [7, 11) is 0. The van der Waals surface area contributed by atoms with Crippen LogP contribution in [-0.4, -0.2) is 55.3 Å². The van der Waals surface area contributed by atoms with Gasteiger partial charge in [0.1, 0.15) is 11.4 Å². The Morgan fingerprint density at radius 1 is 0.635 bits per heavy atom. The van der Waals surface area contributed by atoms with Crippen LogP contribution in [0.3, 0.4) is 0 Å². The number of hydrogen-bond acceptors (Lipinski definition) is 10. The number of allylic oxidation sites excluding steroid dienone is 2. The summed E-state index contributed by atoms with van der Waals surface area (Å²) >= 11 is 0. The average Bonchev–Trinajstić information content (AvgIpc) is 3.77. The number of aromatic nitrogens is 2. The van der Waals surface area contributed by atoms with Gasteiger partial charge in [-0.05, 0) is 61.4 Å². The van der Waals surface area contributed by atoms with Gasteiger partial charge in [-0.3, -0.25) is 20.2 Å². The molecule has 52 heavy (non-hydrogen) atoms. The number of rotatable bonds is 13. The van der Waals surface area contributed by atoms with E-state index in [2.05, 4.69) is 20.4 Å². The Morgan fingerprint density at radius 3 is 1.33 bits per heavy atom. The van der Waals surface area contributed by atoms with E-state index in [1.165, 1.54) is 24.6 Å². The summed E-state index contributed by atoms with van der Waals surface area (Å²) in [5.41, 5.74) is 23.3. The number of carbonyl (C=O) groups excluding carboxylic acids is 2. The van der Waals surface area contributed by atoms with Gasteiger partial charge in [0.05, 0.1) is 9.85 Å². The highest BCUT2D eigenvalue weighted by Crippen LogP contribution is 2.25. The fourth-order valence-electron chi connectivity index (χ4n) is 3.95. The van der Waals surface area contributed by atoms with Crippen LogP contribution in [0.15, 0.2) is 108 Å². The number of nitro benzene ring substituents is 2. The number of hydrazone groups is 2. The predicted molar refractivity (Wildman–Crippen MR) is 188 cm³/mol. The molecule has 0 saturated heterocycles. The molecule has 0 unspecified atom stereocenters. The quantitative estimate of drug-likeness (QED) is 0.0344. The zero-order valence-electron chi connectivity index (χ0n) is 27.2. The molecular weight excluding hydrogens is 680 g/mol. The van der Waals surface area contributed by atoms with E-state index in [0.29, 0.717) is 11.4 Å². The van der Waals surface area contributed by atoms with Crippen LogP contribution in [0.4, 0.5) is 11.4 Å². The second-order valence-corrected chi connectivity index (χ2v) is 9.72. The van der Waals surface area contributed by atoms with Crippen molar-refractivity contribution in [2.24, 2.45) is 33.1 Å². The number of nitrogens with zero attached hydrogens (tertiary/aromatic N) is 6. The smallest absolute Gasteiger partial charge is 0.293 e. The van der Waals surface area contributed by atoms with Gasteiger partial charge >= 0.3 is 0 Å². The maximum Gasteiger partial charge on any atom is 0.293 e. The van der Waals surface area contributed by atoms with Gasteiger partial charge in [0.15, 0.2) is 12.4 Å². The molecule has 270 valence electrons. The normalized spacial score (nSPS) is 10.7. The number of hydrogen-bond donors (Lipinski definition) is 6. The van der Waals surface area contributed by atoms with E-state index in [1.54, 1.807) is 94.4 Å². The number of nitrogens with two attached hydrogens (primary N) is 4. The van der Waals surface area contributed by atoms with Crippen molar-refractivity contribution < 1.29 is 39.9 Å². The molecule has 0 aliphatic heterocycles. The highest BCUT2D eigenvalue weighted by atomic mass is 16.6. The van der Waals surface area contributed by atoms with E-state index in [-0.39, 0.29) is 23.3 Å². The summed E-state index contributed by atoms with van der Waals surface area (Å²) in [6.45, 7) is 0. The Balaban J connectivity index is 0.000000299. The number of carboxylic acid groups (broad SMARTS) is 2. The Bertz CT molecular complexity index is 1870. The zero-order valence-corrected chi connectivity index (χ0v) is 27.2. The number of nitro groups is 2. The van der Waals surface area contributed by atoms with Crippen molar-refractivity contribution >= 4 is 59.8 Å². The van der Waals surface area contributed by atoms with Gasteiger partial charge in [-0.15, -0.1) is 10.2 Å². The van der Waals surface area contributed by atoms with Gasteiger partial charge in [-0.2, -0.15) is 0 Å². The maximum atomic E-state index is 11.1. The molecule has 0 atom stereocenters. The van der Waals surface area contributed by atoms with Crippen LogP contribution in [0, 0.1) is 20.2 Å². The first-order chi connectivity index (χ1) is 24.8. The molecule has 0 bridgehead atoms. The third kappa shape index (κ3) is 14.1. The lowest BCUT2D eigenvalue weighted by molar-refractivity contribution is -0.456. The van der Waals surface area contributed by atoms with E-state index in [1.807, 2.05) is 12.1 Å². The summed E-state index contributed by atoms with van der Waals surface area (Å²) in [5, 5.41) is 53.5. The molecule has 2 aromatic heterocycles. The summed E-state index contributed by atoms with van der Waals surface area (Å²) in [6, 6.07) is 20.4. The molecule has 0 aliphatic carbocycles. The van der Waals surface area contributed by atoms with E-state index in [9.17, 15) is 40.0 Å². The molecule has 0 spiro atoms. The van der Waals surface area contributed by atoms with E-state index in [0.717, 1.165) is 11.4 Å². The Hall–Kier alpha value is -7.90. The molecule has 10 N–H and O–H groups in total. The minimum absolute atomic E-state index is 0.0379. The fraction of sp³-hybridized carbons (Fsp3) is 0.0625. The lowest BCUT2D eigenvalue weighted by Crippen LogP contribution is -2.63. The van der Waals surface area contributed by atoms with E-state index in [4.69, 9.17) is 22.9 Å². The van der Waals surface area contributed by atoms with Gasteiger partial charge in [0, 0.05) is 70.2 Å². The number of carbonyl (C=O) groups is 2. The third-order valence-corrected chi connectivity index (χ3v) is 6.03. The number of guanidine groups is 2. The molecule has 0 aliphatic rings. The maximum absolute atomic E-state index is 11.1. The van der Waals surface area contributed by atoms with Gasteiger partial charge in [0.2, 0.25) is 0 Å². The topological polar surface area (TPSA) is 333 Å². The van der Waals surface area contributed by atoms with Crippen LogP contribution in [0.5, 0.6) is 0 Å². The van der Waals surface area contributed by atoms with Crippen molar-refractivity contribution in [3.05, 3.63) is 129 Å². The second-order valence-electron chi connectivity index (χ2n) is 9.72. The molecule has 4 rings (SSSR count).